The summed E-state index contributed by atoms with van der Waals surface area (Å²) in [6.45, 7) is 1.19. The van der Waals surface area contributed by atoms with Gasteiger partial charge in [0.15, 0.2) is 0 Å². The first kappa shape index (κ1) is 15.9. The first-order chi connectivity index (χ1) is 12.1. The van der Waals surface area contributed by atoms with E-state index in [-0.39, 0.29) is 6.03 Å². The highest BCUT2D eigenvalue weighted by Crippen LogP contribution is 2.60. The van der Waals surface area contributed by atoms with E-state index in [1.165, 1.54) is 11.1 Å². The van der Waals surface area contributed by atoms with Crippen LogP contribution in [0.1, 0.15) is 22.7 Å². The van der Waals surface area contributed by atoms with Crippen molar-refractivity contribution in [1.82, 2.24) is 15.6 Å². The van der Waals surface area contributed by atoms with Crippen molar-refractivity contribution in [2.45, 2.75) is 18.9 Å². The number of amides is 2. The largest absolute Gasteiger partial charge is 0.363 e. The lowest BCUT2D eigenvalue weighted by atomic mass is 10.0. The van der Waals surface area contributed by atoms with E-state index in [9.17, 15) is 4.79 Å². The molecule has 1 fully saturated rings. The molecular formula is C20H24N4O. The molecular weight excluding hydrogens is 312 g/mol. The van der Waals surface area contributed by atoms with Gasteiger partial charge in [-0.25, -0.2) is 9.78 Å². The fourth-order valence-electron chi connectivity index (χ4n) is 4.02. The lowest BCUT2D eigenvalue weighted by molar-refractivity contribution is 0.239. The summed E-state index contributed by atoms with van der Waals surface area (Å²) in [4.78, 5) is 18.5. The number of carbonyl (C=O) groups excluding carboxylic acids is 1. The number of anilines is 1. The van der Waals surface area contributed by atoms with E-state index in [1.54, 1.807) is 0 Å². The molecule has 2 aliphatic rings. The molecule has 0 radical (unpaired) electrons. The molecule has 0 saturated heterocycles. The van der Waals surface area contributed by atoms with Gasteiger partial charge in [-0.1, -0.05) is 30.3 Å². The number of urea groups is 1. The van der Waals surface area contributed by atoms with Crippen LogP contribution in [0.5, 0.6) is 0 Å². The lowest BCUT2D eigenvalue weighted by Crippen LogP contribution is -2.36. The zero-order valence-corrected chi connectivity index (χ0v) is 14.7. The van der Waals surface area contributed by atoms with E-state index in [0.29, 0.717) is 18.4 Å². The Balaban J connectivity index is 1.24. The predicted octanol–water partition coefficient (Wildman–Crippen LogP) is 2.53. The monoisotopic (exact) mass is 336 g/mol. The van der Waals surface area contributed by atoms with Crippen molar-refractivity contribution in [3.8, 4) is 0 Å². The van der Waals surface area contributed by atoms with E-state index < -0.39 is 0 Å². The van der Waals surface area contributed by atoms with Crippen LogP contribution in [0.15, 0.2) is 42.5 Å². The van der Waals surface area contributed by atoms with Crippen molar-refractivity contribution in [2.75, 3.05) is 25.5 Å². The Labute approximate surface area is 148 Å². The van der Waals surface area contributed by atoms with Gasteiger partial charge in [0.1, 0.15) is 5.82 Å². The summed E-state index contributed by atoms with van der Waals surface area (Å²) < 4.78 is 0. The summed E-state index contributed by atoms with van der Waals surface area (Å²) in [6.07, 6.45) is 1.16. The van der Waals surface area contributed by atoms with Crippen molar-refractivity contribution < 1.29 is 4.79 Å². The van der Waals surface area contributed by atoms with E-state index in [0.717, 1.165) is 30.4 Å². The van der Waals surface area contributed by atoms with Crippen LogP contribution < -0.4 is 15.5 Å². The Bertz CT molecular complexity index is 789. The van der Waals surface area contributed by atoms with Crippen molar-refractivity contribution in [3.63, 3.8) is 0 Å². The molecule has 1 aromatic heterocycles. The molecule has 2 aliphatic carbocycles. The molecule has 1 saturated carbocycles. The van der Waals surface area contributed by atoms with Crippen LogP contribution in [0.2, 0.25) is 0 Å². The van der Waals surface area contributed by atoms with Crippen LogP contribution in [0.25, 0.3) is 0 Å². The van der Waals surface area contributed by atoms with Crippen LogP contribution in [0.4, 0.5) is 10.6 Å². The smallest absolute Gasteiger partial charge is 0.315 e. The average Bonchev–Trinajstić information content (AvgIpc) is 3.16. The molecule has 5 nitrogen and oxygen atoms in total. The molecule has 2 aromatic rings. The summed E-state index contributed by atoms with van der Waals surface area (Å²) in [7, 11) is 3.91. The maximum atomic E-state index is 12.1. The van der Waals surface area contributed by atoms with Crippen LogP contribution in [0.3, 0.4) is 0 Å². The third-order valence-corrected chi connectivity index (χ3v) is 5.38. The quantitative estimate of drug-likeness (QED) is 0.882. The average molecular weight is 336 g/mol. The number of benzene rings is 1. The molecule has 0 bridgehead atoms. The zero-order valence-electron chi connectivity index (χ0n) is 14.7. The first-order valence-electron chi connectivity index (χ1n) is 8.86. The number of fused-ring (bicyclic) bond motifs is 3. The minimum Gasteiger partial charge on any atom is -0.363 e. The number of aromatic nitrogens is 1. The summed E-state index contributed by atoms with van der Waals surface area (Å²) >= 11 is 0. The third kappa shape index (κ3) is 3.18. The van der Waals surface area contributed by atoms with Crippen molar-refractivity contribution >= 4 is 11.8 Å². The standard InChI is InChI=1S/C20H24N4O/c1-24(2)18-9-5-7-14(23-18)11-21-20(25)22-12-17-16-10-13-6-3-4-8-15(13)19(16)17/h3-9,16-17,19H,10-12H2,1-2H3,(H2,21,22,25). The van der Waals surface area contributed by atoms with Gasteiger partial charge in [0.25, 0.3) is 0 Å². The molecule has 4 rings (SSSR count). The second-order valence-electron chi connectivity index (χ2n) is 7.20. The Morgan fingerprint density at radius 2 is 2.00 bits per heavy atom. The van der Waals surface area contributed by atoms with Crippen LogP contribution in [-0.4, -0.2) is 31.7 Å². The lowest BCUT2D eigenvalue weighted by Gasteiger charge is -2.13. The fraction of sp³-hybridized carbons (Fsp3) is 0.400. The van der Waals surface area contributed by atoms with Gasteiger partial charge in [0, 0.05) is 20.6 Å². The number of nitrogens with one attached hydrogen (secondary N) is 2. The maximum absolute atomic E-state index is 12.1. The van der Waals surface area contributed by atoms with Gasteiger partial charge < -0.3 is 15.5 Å². The fourth-order valence-corrected chi connectivity index (χ4v) is 4.02. The maximum Gasteiger partial charge on any atom is 0.315 e. The van der Waals surface area contributed by atoms with Crippen molar-refractivity contribution in [1.29, 1.82) is 0 Å². The molecule has 1 aromatic carbocycles. The van der Waals surface area contributed by atoms with Crippen LogP contribution in [0, 0.1) is 11.8 Å². The highest BCUT2D eigenvalue weighted by molar-refractivity contribution is 5.73. The highest BCUT2D eigenvalue weighted by atomic mass is 16.2. The van der Waals surface area contributed by atoms with E-state index in [4.69, 9.17) is 0 Å². The first-order valence-corrected chi connectivity index (χ1v) is 8.86. The zero-order chi connectivity index (χ0) is 17.4. The van der Waals surface area contributed by atoms with E-state index >= 15 is 0 Å². The molecule has 25 heavy (non-hydrogen) atoms. The minimum absolute atomic E-state index is 0.115. The van der Waals surface area contributed by atoms with E-state index in [2.05, 4.69) is 39.9 Å². The molecule has 130 valence electrons. The van der Waals surface area contributed by atoms with E-state index in [1.807, 2.05) is 37.2 Å². The number of hydrogen-bond acceptors (Lipinski definition) is 3. The number of hydrogen-bond donors (Lipinski definition) is 2. The summed E-state index contributed by atoms with van der Waals surface area (Å²) in [5.41, 5.74) is 3.84. The summed E-state index contributed by atoms with van der Waals surface area (Å²) in [6, 6.07) is 14.4. The topological polar surface area (TPSA) is 57.3 Å². The van der Waals surface area contributed by atoms with Gasteiger partial charge in [-0.05, 0) is 47.4 Å². The second kappa shape index (κ2) is 6.39. The molecule has 0 spiro atoms. The molecule has 5 heteroatoms. The predicted molar refractivity (Wildman–Crippen MR) is 98.7 cm³/mol. The summed E-state index contributed by atoms with van der Waals surface area (Å²) in [5, 5.41) is 5.93. The van der Waals surface area contributed by atoms with Crippen molar-refractivity contribution in [3.05, 3.63) is 59.3 Å². The normalized spacial score (nSPS) is 22.7. The van der Waals surface area contributed by atoms with Gasteiger partial charge in [-0.2, -0.15) is 0 Å². The molecule has 1 heterocycles. The Morgan fingerprint density at radius 3 is 2.84 bits per heavy atom. The number of pyridine rings is 1. The molecule has 3 unspecified atom stereocenters. The third-order valence-electron chi connectivity index (χ3n) is 5.38. The van der Waals surface area contributed by atoms with Gasteiger partial charge in [-0.15, -0.1) is 0 Å². The van der Waals surface area contributed by atoms with Gasteiger partial charge in [0.2, 0.25) is 0 Å². The molecule has 2 N–H and O–H groups in total. The Hall–Kier alpha value is -2.56. The molecule has 3 atom stereocenters. The van der Waals surface area contributed by atoms with Crippen molar-refractivity contribution in [2.24, 2.45) is 11.8 Å². The Kier molecular flexibility index (Phi) is 4.07. The van der Waals surface area contributed by atoms with Gasteiger partial charge in [-0.3, -0.25) is 0 Å². The summed E-state index contributed by atoms with van der Waals surface area (Å²) in [5.74, 6) is 2.85. The Morgan fingerprint density at radius 1 is 1.16 bits per heavy atom. The SMILES string of the molecule is CN(C)c1cccc(CNC(=O)NCC2C3Cc4ccccc4C23)n1. The minimum atomic E-state index is -0.115. The number of nitrogens with zero attached hydrogens (tertiary/aromatic N) is 2. The van der Waals surface area contributed by atoms with Gasteiger partial charge in [0.05, 0.1) is 12.2 Å². The number of rotatable bonds is 5. The van der Waals surface area contributed by atoms with Crippen LogP contribution >= 0.6 is 0 Å². The molecule has 2 amide bonds. The second-order valence-corrected chi connectivity index (χ2v) is 7.20. The highest BCUT2D eigenvalue weighted by Gasteiger charge is 2.54. The number of carbonyl (C=O) groups is 1. The van der Waals surface area contributed by atoms with Crippen LogP contribution in [-0.2, 0) is 13.0 Å². The molecule has 0 aliphatic heterocycles. The van der Waals surface area contributed by atoms with Gasteiger partial charge >= 0.3 is 6.03 Å².